The summed E-state index contributed by atoms with van der Waals surface area (Å²) in [5.74, 6) is 1.26. The van der Waals surface area contributed by atoms with Gasteiger partial charge in [0.1, 0.15) is 12.4 Å². The summed E-state index contributed by atoms with van der Waals surface area (Å²) < 4.78 is 3.24. The number of hydrogen-bond acceptors (Lipinski definition) is 4. The normalized spacial score (nSPS) is 14.8. The van der Waals surface area contributed by atoms with Crippen molar-refractivity contribution >= 4 is 5.91 Å². The molecule has 0 saturated carbocycles. The fourth-order valence-corrected chi connectivity index (χ4v) is 3.76. The van der Waals surface area contributed by atoms with Gasteiger partial charge in [0.15, 0.2) is 0 Å². The molecule has 8 heteroatoms. The molecule has 150 valence electrons. The Morgan fingerprint density at radius 3 is 2.59 bits per heavy atom. The van der Waals surface area contributed by atoms with Crippen LogP contribution in [0.1, 0.15) is 12.8 Å². The molecule has 1 N–H and O–H groups in total. The van der Waals surface area contributed by atoms with Crippen molar-refractivity contribution in [2.24, 2.45) is 5.92 Å². The van der Waals surface area contributed by atoms with Gasteiger partial charge in [-0.25, -0.2) is 9.67 Å². The van der Waals surface area contributed by atoms with E-state index in [-0.39, 0.29) is 18.0 Å². The number of benzene rings is 1. The highest BCUT2D eigenvalue weighted by molar-refractivity contribution is 5.75. The van der Waals surface area contributed by atoms with E-state index in [0.29, 0.717) is 19.0 Å². The van der Waals surface area contributed by atoms with Crippen molar-refractivity contribution in [3.63, 3.8) is 0 Å². The van der Waals surface area contributed by atoms with Crippen LogP contribution in [0.15, 0.2) is 64.4 Å². The van der Waals surface area contributed by atoms with Crippen molar-refractivity contribution in [1.82, 2.24) is 24.2 Å². The average molecular weight is 393 g/mol. The summed E-state index contributed by atoms with van der Waals surface area (Å²) in [6, 6.07) is 12.4. The molecule has 0 atom stereocenters. The predicted octanol–water partition coefficient (Wildman–Crippen LogP) is 1.34. The third kappa shape index (κ3) is 4.37. The Hall–Kier alpha value is -3.42. The Morgan fingerprint density at radius 1 is 1.07 bits per heavy atom. The van der Waals surface area contributed by atoms with Gasteiger partial charge >= 0.3 is 0 Å². The lowest BCUT2D eigenvalue weighted by Crippen LogP contribution is -2.43. The van der Waals surface area contributed by atoms with Gasteiger partial charge in [-0.15, -0.1) is 0 Å². The minimum Gasteiger partial charge on any atom is -0.341 e. The first-order chi connectivity index (χ1) is 14.1. The molecule has 0 radical (unpaired) electrons. The first-order valence-electron chi connectivity index (χ1n) is 9.74. The topological polar surface area (TPSA) is 93.0 Å². The standard InChI is InChI=1S/C21H23N5O3/c27-18-6-7-19(28)26(23-18)15-20(29)24-11-8-16(9-12-24)14-25-13-10-22-21(25)17-4-2-1-3-5-17/h1-7,10,13,16H,8-9,11-12,14-15H2,(H,23,27). The fourth-order valence-electron chi connectivity index (χ4n) is 3.76. The smallest absolute Gasteiger partial charge is 0.265 e. The van der Waals surface area contributed by atoms with Gasteiger partial charge in [0.2, 0.25) is 5.91 Å². The Balaban J connectivity index is 1.35. The molecule has 0 bridgehead atoms. The zero-order valence-corrected chi connectivity index (χ0v) is 16.0. The molecule has 29 heavy (non-hydrogen) atoms. The number of imidazole rings is 1. The van der Waals surface area contributed by atoms with Crippen LogP contribution in [-0.2, 0) is 17.9 Å². The van der Waals surface area contributed by atoms with Crippen LogP contribution < -0.4 is 11.1 Å². The summed E-state index contributed by atoms with van der Waals surface area (Å²) >= 11 is 0. The molecule has 0 aliphatic carbocycles. The maximum absolute atomic E-state index is 12.5. The molecule has 2 aromatic heterocycles. The summed E-state index contributed by atoms with van der Waals surface area (Å²) in [7, 11) is 0. The molecule has 8 nitrogen and oxygen atoms in total. The first kappa shape index (κ1) is 18.9. The summed E-state index contributed by atoms with van der Waals surface area (Å²) in [6.07, 6.45) is 5.59. The van der Waals surface area contributed by atoms with Crippen molar-refractivity contribution < 1.29 is 4.79 Å². The molecule has 1 aliphatic heterocycles. The highest BCUT2D eigenvalue weighted by Gasteiger charge is 2.24. The number of aromatic amines is 1. The van der Waals surface area contributed by atoms with Crippen LogP contribution in [0.4, 0.5) is 0 Å². The van der Waals surface area contributed by atoms with Gasteiger partial charge in [-0.1, -0.05) is 30.3 Å². The number of piperidine rings is 1. The van der Waals surface area contributed by atoms with Gasteiger partial charge < -0.3 is 9.47 Å². The Bertz CT molecular complexity index is 1090. The molecular formula is C21H23N5O3. The largest absolute Gasteiger partial charge is 0.341 e. The summed E-state index contributed by atoms with van der Waals surface area (Å²) in [6.45, 7) is 2.01. The van der Waals surface area contributed by atoms with Crippen LogP contribution in [0.3, 0.4) is 0 Å². The van der Waals surface area contributed by atoms with Crippen molar-refractivity contribution in [3.8, 4) is 11.4 Å². The number of likely N-dealkylation sites (tertiary alicyclic amines) is 1. The second kappa shape index (κ2) is 8.30. The number of nitrogens with zero attached hydrogens (tertiary/aromatic N) is 4. The van der Waals surface area contributed by atoms with E-state index in [1.807, 2.05) is 30.6 Å². The van der Waals surface area contributed by atoms with E-state index in [2.05, 4.69) is 26.8 Å². The van der Waals surface area contributed by atoms with Gasteiger partial charge in [-0.3, -0.25) is 19.5 Å². The first-order valence-corrected chi connectivity index (χ1v) is 9.74. The summed E-state index contributed by atoms with van der Waals surface area (Å²) in [5, 5.41) is 2.40. The molecule has 1 fully saturated rings. The molecule has 0 spiro atoms. The number of aromatic nitrogens is 4. The van der Waals surface area contributed by atoms with Crippen LogP contribution in [0.5, 0.6) is 0 Å². The lowest BCUT2D eigenvalue weighted by molar-refractivity contribution is -0.133. The SMILES string of the molecule is O=C(Cn1[nH]c(=O)ccc1=O)N1CCC(Cn2ccnc2-c2ccccc2)CC1. The second-order valence-corrected chi connectivity index (χ2v) is 7.33. The van der Waals surface area contributed by atoms with Crippen molar-refractivity contribution in [2.45, 2.75) is 25.9 Å². The van der Waals surface area contributed by atoms with Crippen LogP contribution in [0, 0.1) is 5.92 Å². The number of carbonyl (C=O) groups is 1. The Morgan fingerprint density at radius 2 is 1.83 bits per heavy atom. The van der Waals surface area contributed by atoms with E-state index >= 15 is 0 Å². The molecule has 1 saturated heterocycles. The number of H-pyrrole nitrogens is 1. The lowest BCUT2D eigenvalue weighted by atomic mass is 9.96. The van der Waals surface area contributed by atoms with E-state index in [1.54, 1.807) is 4.90 Å². The number of nitrogens with one attached hydrogen (secondary N) is 1. The third-order valence-corrected chi connectivity index (χ3v) is 5.35. The monoisotopic (exact) mass is 393 g/mol. The van der Waals surface area contributed by atoms with E-state index in [0.717, 1.165) is 41.5 Å². The average Bonchev–Trinajstić information content (AvgIpc) is 3.20. The number of hydrogen-bond donors (Lipinski definition) is 1. The Kier molecular flexibility index (Phi) is 5.41. The zero-order chi connectivity index (χ0) is 20.2. The van der Waals surface area contributed by atoms with Gasteiger partial charge in [-0.05, 0) is 18.8 Å². The minimum atomic E-state index is -0.398. The van der Waals surface area contributed by atoms with Crippen molar-refractivity contribution in [2.75, 3.05) is 13.1 Å². The van der Waals surface area contributed by atoms with Gasteiger partial charge in [-0.2, -0.15) is 0 Å². The number of carbonyl (C=O) groups excluding carboxylic acids is 1. The molecule has 0 unspecified atom stereocenters. The third-order valence-electron chi connectivity index (χ3n) is 5.35. The zero-order valence-electron chi connectivity index (χ0n) is 16.0. The van der Waals surface area contributed by atoms with Crippen LogP contribution in [0.2, 0.25) is 0 Å². The molecule has 1 amide bonds. The molecular weight excluding hydrogens is 370 g/mol. The maximum Gasteiger partial charge on any atom is 0.265 e. The quantitative estimate of drug-likeness (QED) is 0.708. The van der Waals surface area contributed by atoms with Crippen molar-refractivity contribution in [1.29, 1.82) is 0 Å². The van der Waals surface area contributed by atoms with Gasteiger partial charge in [0.05, 0.1) is 0 Å². The highest BCUT2D eigenvalue weighted by atomic mass is 16.2. The molecule has 1 aliphatic rings. The minimum absolute atomic E-state index is 0.140. The lowest BCUT2D eigenvalue weighted by Gasteiger charge is -2.32. The van der Waals surface area contributed by atoms with Gasteiger partial charge in [0, 0.05) is 49.7 Å². The van der Waals surface area contributed by atoms with Gasteiger partial charge in [0.25, 0.3) is 11.1 Å². The summed E-state index contributed by atoms with van der Waals surface area (Å²) in [4.78, 5) is 41.9. The fraction of sp³-hybridized carbons (Fsp3) is 0.333. The molecule has 3 aromatic rings. The van der Waals surface area contributed by atoms with E-state index in [1.165, 1.54) is 6.07 Å². The summed E-state index contributed by atoms with van der Waals surface area (Å²) in [5.41, 5.74) is 0.305. The second-order valence-electron chi connectivity index (χ2n) is 7.33. The number of amides is 1. The molecule has 3 heterocycles. The van der Waals surface area contributed by atoms with E-state index < -0.39 is 5.56 Å². The highest BCUT2D eigenvalue weighted by Crippen LogP contribution is 2.23. The predicted molar refractivity (Wildman–Crippen MR) is 108 cm³/mol. The molecule has 1 aromatic carbocycles. The van der Waals surface area contributed by atoms with Crippen molar-refractivity contribution in [3.05, 3.63) is 75.6 Å². The van der Waals surface area contributed by atoms with Crippen LogP contribution in [0.25, 0.3) is 11.4 Å². The van der Waals surface area contributed by atoms with Crippen LogP contribution in [-0.4, -0.2) is 43.2 Å². The van der Waals surface area contributed by atoms with E-state index in [9.17, 15) is 14.4 Å². The van der Waals surface area contributed by atoms with E-state index in [4.69, 9.17) is 0 Å². The Labute approximate surface area is 167 Å². The van der Waals surface area contributed by atoms with Crippen LogP contribution >= 0.6 is 0 Å². The maximum atomic E-state index is 12.5. The molecule has 4 rings (SSSR count). The number of rotatable bonds is 5.